The lowest BCUT2D eigenvalue weighted by Gasteiger charge is -2.16. The number of thioether (sulfide) groups is 1. The molecule has 0 saturated carbocycles. The molecule has 0 bridgehead atoms. The van der Waals surface area contributed by atoms with Crippen LogP contribution >= 0.6 is 27.7 Å². The fourth-order valence-corrected chi connectivity index (χ4v) is 2.65. The molecule has 0 spiro atoms. The minimum absolute atomic E-state index is 0.123. The normalized spacial score (nSPS) is 16.4. The van der Waals surface area contributed by atoms with Crippen molar-refractivity contribution >= 4 is 33.4 Å². The average Bonchev–Trinajstić information content (AvgIpc) is 2.62. The van der Waals surface area contributed by atoms with Gasteiger partial charge < -0.3 is 10.1 Å². The molecule has 1 aromatic heterocycles. The summed E-state index contributed by atoms with van der Waals surface area (Å²) in [6, 6.07) is 5.99. The fourth-order valence-electron chi connectivity index (χ4n) is 2.00. The minimum atomic E-state index is -0.123. The van der Waals surface area contributed by atoms with Crippen molar-refractivity contribution in [2.75, 3.05) is 11.6 Å². The number of nitrogens with zero attached hydrogens (tertiary/aromatic N) is 3. The number of nitrogens with one attached hydrogen (secondary N) is 1. The number of aromatic nitrogens is 3. The first-order chi connectivity index (χ1) is 9.71. The van der Waals surface area contributed by atoms with Crippen LogP contribution in [0.5, 0.6) is 5.88 Å². The van der Waals surface area contributed by atoms with Crippen LogP contribution in [0.2, 0.25) is 0 Å². The van der Waals surface area contributed by atoms with Gasteiger partial charge in [-0.15, -0.1) is 10.2 Å². The molecular formula is C13H13BrN4OS. The Balaban J connectivity index is 2.20. The SMILES string of the molecule is CC[C@@H]1Nc2ccc(Br)cc2-c2nnc(SC)nc2O1. The maximum Gasteiger partial charge on any atom is 0.247 e. The topological polar surface area (TPSA) is 59.9 Å². The number of anilines is 1. The van der Waals surface area contributed by atoms with Crippen LogP contribution in [0.25, 0.3) is 11.3 Å². The summed E-state index contributed by atoms with van der Waals surface area (Å²) in [5.74, 6) is 0.528. The molecule has 5 nitrogen and oxygen atoms in total. The maximum atomic E-state index is 5.92. The van der Waals surface area contributed by atoms with Gasteiger partial charge in [-0.25, -0.2) is 0 Å². The minimum Gasteiger partial charge on any atom is -0.452 e. The highest BCUT2D eigenvalue weighted by molar-refractivity contribution is 9.10. The molecular weight excluding hydrogens is 340 g/mol. The molecule has 0 amide bonds. The third-order valence-electron chi connectivity index (χ3n) is 3.00. The first kappa shape index (κ1) is 13.6. The quantitative estimate of drug-likeness (QED) is 0.833. The van der Waals surface area contributed by atoms with Crippen molar-refractivity contribution in [1.82, 2.24) is 15.2 Å². The van der Waals surface area contributed by atoms with Crippen LogP contribution in [-0.4, -0.2) is 27.7 Å². The van der Waals surface area contributed by atoms with E-state index in [-0.39, 0.29) is 6.23 Å². The molecule has 1 atom stereocenters. The predicted molar refractivity (Wildman–Crippen MR) is 83.1 cm³/mol. The van der Waals surface area contributed by atoms with Gasteiger partial charge in [0, 0.05) is 22.1 Å². The highest BCUT2D eigenvalue weighted by Gasteiger charge is 2.24. The number of ether oxygens (including phenoxy) is 1. The summed E-state index contributed by atoms with van der Waals surface area (Å²) in [7, 11) is 0. The lowest BCUT2D eigenvalue weighted by Crippen LogP contribution is -2.24. The summed E-state index contributed by atoms with van der Waals surface area (Å²) >= 11 is 4.93. The van der Waals surface area contributed by atoms with E-state index in [1.807, 2.05) is 24.5 Å². The molecule has 0 aliphatic carbocycles. The molecule has 104 valence electrons. The van der Waals surface area contributed by atoms with Crippen molar-refractivity contribution in [1.29, 1.82) is 0 Å². The van der Waals surface area contributed by atoms with Crippen LogP contribution in [0.1, 0.15) is 13.3 Å². The van der Waals surface area contributed by atoms with E-state index in [0.29, 0.717) is 16.7 Å². The van der Waals surface area contributed by atoms with Gasteiger partial charge in [0.1, 0.15) is 0 Å². The van der Waals surface area contributed by atoms with Gasteiger partial charge in [-0.2, -0.15) is 4.98 Å². The number of fused-ring (bicyclic) bond motifs is 3. The number of hydrogen-bond donors (Lipinski definition) is 1. The van der Waals surface area contributed by atoms with E-state index >= 15 is 0 Å². The predicted octanol–water partition coefficient (Wildman–Crippen LogP) is 3.56. The van der Waals surface area contributed by atoms with Gasteiger partial charge in [0.2, 0.25) is 11.0 Å². The summed E-state index contributed by atoms with van der Waals surface area (Å²) in [6.07, 6.45) is 2.62. The van der Waals surface area contributed by atoms with Crippen molar-refractivity contribution < 1.29 is 4.74 Å². The van der Waals surface area contributed by atoms with Gasteiger partial charge in [0.15, 0.2) is 11.9 Å². The Kier molecular flexibility index (Phi) is 3.80. The van der Waals surface area contributed by atoms with Gasteiger partial charge in [-0.05, 0) is 24.5 Å². The van der Waals surface area contributed by atoms with E-state index in [2.05, 4.69) is 43.4 Å². The second-order valence-corrected chi connectivity index (χ2v) is 5.99. The molecule has 1 N–H and O–H groups in total. The molecule has 0 fully saturated rings. The summed E-state index contributed by atoms with van der Waals surface area (Å²) in [5.41, 5.74) is 2.59. The highest BCUT2D eigenvalue weighted by atomic mass is 79.9. The molecule has 1 aliphatic rings. The van der Waals surface area contributed by atoms with Crippen LogP contribution < -0.4 is 10.1 Å². The largest absolute Gasteiger partial charge is 0.452 e. The van der Waals surface area contributed by atoms with Crippen molar-refractivity contribution in [3.63, 3.8) is 0 Å². The Labute approximate surface area is 129 Å². The molecule has 2 aromatic rings. The molecule has 1 aliphatic heterocycles. The van der Waals surface area contributed by atoms with Crippen LogP contribution in [0.4, 0.5) is 5.69 Å². The third kappa shape index (κ3) is 2.47. The van der Waals surface area contributed by atoms with Gasteiger partial charge in [-0.1, -0.05) is 34.6 Å². The number of halogens is 1. The number of hydrogen-bond acceptors (Lipinski definition) is 6. The fraction of sp³-hybridized carbons (Fsp3) is 0.308. The first-order valence-electron chi connectivity index (χ1n) is 6.23. The monoisotopic (exact) mass is 352 g/mol. The van der Waals surface area contributed by atoms with Crippen molar-refractivity contribution in [3.8, 4) is 17.1 Å². The van der Waals surface area contributed by atoms with E-state index in [4.69, 9.17) is 4.74 Å². The smallest absolute Gasteiger partial charge is 0.247 e. The van der Waals surface area contributed by atoms with E-state index in [1.165, 1.54) is 11.8 Å². The molecule has 0 unspecified atom stereocenters. The Morgan fingerprint density at radius 3 is 3.00 bits per heavy atom. The van der Waals surface area contributed by atoms with Gasteiger partial charge in [0.25, 0.3) is 0 Å². The third-order valence-corrected chi connectivity index (χ3v) is 4.03. The highest BCUT2D eigenvalue weighted by Crippen LogP contribution is 2.38. The van der Waals surface area contributed by atoms with Crippen molar-refractivity contribution in [2.45, 2.75) is 24.7 Å². The van der Waals surface area contributed by atoms with Crippen molar-refractivity contribution in [3.05, 3.63) is 22.7 Å². The van der Waals surface area contributed by atoms with E-state index in [9.17, 15) is 0 Å². The van der Waals surface area contributed by atoms with Crippen LogP contribution in [-0.2, 0) is 0 Å². The zero-order valence-corrected chi connectivity index (χ0v) is 13.5. The van der Waals surface area contributed by atoms with Gasteiger partial charge in [0.05, 0.1) is 0 Å². The van der Waals surface area contributed by atoms with Crippen molar-refractivity contribution in [2.24, 2.45) is 0 Å². The molecule has 7 heteroatoms. The average molecular weight is 353 g/mol. The summed E-state index contributed by atoms with van der Waals surface area (Å²) in [5, 5.41) is 12.4. The second kappa shape index (κ2) is 5.57. The summed E-state index contributed by atoms with van der Waals surface area (Å²) in [4.78, 5) is 4.43. The van der Waals surface area contributed by atoms with Crippen LogP contribution in [0.15, 0.2) is 27.8 Å². The van der Waals surface area contributed by atoms with Crippen LogP contribution in [0.3, 0.4) is 0 Å². The Hall–Kier alpha value is -1.34. The Morgan fingerprint density at radius 1 is 1.40 bits per heavy atom. The maximum absolute atomic E-state index is 5.92. The van der Waals surface area contributed by atoms with E-state index in [0.717, 1.165) is 22.1 Å². The zero-order valence-electron chi connectivity index (χ0n) is 11.1. The number of benzene rings is 1. The first-order valence-corrected chi connectivity index (χ1v) is 8.25. The number of rotatable bonds is 2. The van der Waals surface area contributed by atoms with E-state index < -0.39 is 0 Å². The molecule has 20 heavy (non-hydrogen) atoms. The lowest BCUT2D eigenvalue weighted by atomic mass is 10.1. The zero-order chi connectivity index (χ0) is 14.1. The Morgan fingerprint density at radius 2 is 2.25 bits per heavy atom. The Bertz CT molecular complexity index is 652. The molecule has 2 heterocycles. The molecule has 0 saturated heterocycles. The summed E-state index contributed by atoms with van der Waals surface area (Å²) in [6.45, 7) is 2.06. The molecule has 1 aromatic carbocycles. The summed E-state index contributed by atoms with van der Waals surface area (Å²) < 4.78 is 6.90. The van der Waals surface area contributed by atoms with E-state index in [1.54, 1.807) is 0 Å². The standard InChI is InChI=1S/C13H13BrN4OS/c1-3-10-15-9-5-4-7(14)6-8(9)11-12(19-10)16-13(20-2)18-17-11/h4-6,10,15H,3H2,1-2H3/t10-/m1/s1. The molecule has 0 radical (unpaired) electrons. The van der Waals surface area contributed by atoms with Crippen LogP contribution in [0, 0.1) is 0 Å². The lowest BCUT2D eigenvalue weighted by molar-refractivity contribution is 0.216. The van der Waals surface area contributed by atoms with Gasteiger partial charge in [-0.3, -0.25) is 0 Å². The van der Waals surface area contributed by atoms with Gasteiger partial charge >= 0.3 is 0 Å². The second-order valence-electron chi connectivity index (χ2n) is 4.30. The molecule has 3 rings (SSSR count).